The molecular weight excluding hydrogens is 268 g/mol. The zero-order valence-electron chi connectivity index (χ0n) is 12.0. The average molecular weight is 288 g/mol. The summed E-state index contributed by atoms with van der Waals surface area (Å²) in [7, 11) is 0. The van der Waals surface area contributed by atoms with Crippen molar-refractivity contribution in [3.8, 4) is 11.5 Å². The first kappa shape index (κ1) is 14.8. The molecule has 2 nitrogen and oxygen atoms in total. The molecule has 0 unspecified atom stereocenters. The van der Waals surface area contributed by atoms with Gasteiger partial charge in [0.15, 0.2) is 0 Å². The van der Waals surface area contributed by atoms with Crippen LogP contribution in [0.4, 0.5) is 0 Å². The van der Waals surface area contributed by atoms with E-state index in [1.807, 2.05) is 48.2 Å². The molecule has 2 aromatic rings. The smallest absolute Gasteiger partial charge is 0.122 e. The second kappa shape index (κ2) is 7.85. The summed E-state index contributed by atoms with van der Waals surface area (Å²) in [5, 5.41) is 0. The Morgan fingerprint density at radius 2 is 1.30 bits per heavy atom. The molecule has 0 amide bonds. The minimum atomic E-state index is 0.550. The van der Waals surface area contributed by atoms with Crippen molar-refractivity contribution in [3.05, 3.63) is 54.1 Å². The van der Waals surface area contributed by atoms with Gasteiger partial charge in [0, 0.05) is 4.90 Å². The van der Waals surface area contributed by atoms with Gasteiger partial charge in [-0.05, 0) is 49.1 Å². The first-order valence-electron chi connectivity index (χ1n) is 6.83. The zero-order valence-corrected chi connectivity index (χ0v) is 12.8. The van der Waals surface area contributed by atoms with Gasteiger partial charge in [0.25, 0.3) is 0 Å². The quantitative estimate of drug-likeness (QED) is 0.549. The standard InChI is InChI=1S/C17H20O2S/c1-3-20-17-10-8-16(9-11-17)19-13-12-18-15-6-4-14(2)5-7-15/h4-11H,3,12-13H2,1-2H3. The summed E-state index contributed by atoms with van der Waals surface area (Å²) in [6.45, 7) is 5.31. The second-order valence-electron chi connectivity index (χ2n) is 4.41. The fourth-order valence-electron chi connectivity index (χ4n) is 1.75. The van der Waals surface area contributed by atoms with E-state index in [0.29, 0.717) is 13.2 Å². The molecule has 0 aliphatic carbocycles. The van der Waals surface area contributed by atoms with Crippen LogP contribution in [0.15, 0.2) is 53.4 Å². The Kier molecular flexibility index (Phi) is 5.81. The molecule has 2 rings (SSSR count). The van der Waals surface area contributed by atoms with E-state index in [2.05, 4.69) is 26.0 Å². The van der Waals surface area contributed by atoms with Crippen molar-refractivity contribution in [2.24, 2.45) is 0 Å². The third-order valence-electron chi connectivity index (χ3n) is 2.78. The third kappa shape index (κ3) is 4.82. The molecule has 2 aromatic carbocycles. The van der Waals surface area contributed by atoms with Crippen molar-refractivity contribution in [2.75, 3.05) is 19.0 Å². The fourth-order valence-corrected chi connectivity index (χ4v) is 2.41. The number of thioether (sulfide) groups is 1. The van der Waals surface area contributed by atoms with Gasteiger partial charge in [-0.2, -0.15) is 0 Å². The molecular formula is C17H20O2S. The predicted octanol–water partition coefficient (Wildman–Crippen LogP) is 4.56. The van der Waals surface area contributed by atoms with Crippen LogP contribution >= 0.6 is 11.8 Å². The van der Waals surface area contributed by atoms with E-state index < -0.39 is 0 Å². The van der Waals surface area contributed by atoms with Crippen LogP contribution in [-0.4, -0.2) is 19.0 Å². The number of rotatable bonds is 7. The summed E-state index contributed by atoms with van der Waals surface area (Å²) in [6.07, 6.45) is 0. The molecule has 0 bridgehead atoms. The summed E-state index contributed by atoms with van der Waals surface area (Å²) < 4.78 is 11.3. The van der Waals surface area contributed by atoms with Gasteiger partial charge in [-0.1, -0.05) is 24.6 Å². The predicted molar refractivity (Wildman–Crippen MR) is 85.0 cm³/mol. The van der Waals surface area contributed by atoms with E-state index in [0.717, 1.165) is 17.3 Å². The molecule has 0 saturated heterocycles. The van der Waals surface area contributed by atoms with Crippen molar-refractivity contribution in [1.82, 2.24) is 0 Å². The average Bonchev–Trinajstić information content (AvgIpc) is 2.47. The molecule has 3 heteroatoms. The van der Waals surface area contributed by atoms with Gasteiger partial charge in [-0.15, -0.1) is 11.8 Å². The second-order valence-corrected chi connectivity index (χ2v) is 5.75. The van der Waals surface area contributed by atoms with E-state index in [-0.39, 0.29) is 0 Å². The van der Waals surface area contributed by atoms with Crippen molar-refractivity contribution in [3.63, 3.8) is 0 Å². The van der Waals surface area contributed by atoms with E-state index in [9.17, 15) is 0 Å². The normalized spacial score (nSPS) is 10.3. The van der Waals surface area contributed by atoms with Gasteiger partial charge in [-0.25, -0.2) is 0 Å². The lowest BCUT2D eigenvalue weighted by molar-refractivity contribution is 0.217. The monoisotopic (exact) mass is 288 g/mol. The Hall–Kier alpha value is -1.61. The van der Waals surface area contributed by atoms with Crippen LogP contribution < -0.4 is 9.47 Å². The summed E-state index contributed by atoms with van der Waals surface area (Å²) >= 11 is 1.83. The van der Waals surface area contributed by atoms with Gasteiger partial charge in [0.2, 0.25) is 0 Å². The molecule has 20 heavy (non-hydrogen) atoms. The lowest BCUT2D eigenvalue weighted by atomic mass is 10.2. The van der Waals surface area contributed by atoms with Gasteiger partial charge in [0.1, 0.15) is 24.7 Å². The van der Waals surface area contributed by atoms with Crippen LogP contribution in [-0.2, 0) is 0 Å². The van der Waals surface area contributed by atoms with Crippen molar-refractivity contribution >= 4 is 11.8 Å². The maximum absolute atomic E-state index is 5.65. The van der Waals surface area contributed by atoms with Crippen molar-refractivity contribution in [1.29, 1.82) is 0 Å². The minimum absolute atomic E-state index is 0.550. The number of aryl methyl sites for hydroxylation is 1. The van der Waals surface area contributed by atoms with E-state index in [1.165, 1.54) is 10.5 Å². The summed E-state index contributed by atoms with van der Waals surface area (Å²) in [6, 6.07) is 16.2. The summed E-state index contributed by atoms with van der Waals surface area (Å²) in [4.78, 5) is 1.27. The van der Waals surface area contributed by atoms with Gasteiger partial charge >= 0.3 is 0 Å². The molecule has 0 spiro atoms. The highest BCUT2D eigenvalue weighted by atomic mass is 32.2. The van der Waals surface area contributed by atoms with E-state index in [1.54, 1.807) is 0 Å². The highest BCUT2D eigenvalue weighted by molar-refractivity contribution is 7.99. The Morgan fingerprint density at radius 1 is 0.800 bits per heavy atom. The maximum atomic E-state index is 5.65. The van der Waals surface area contributed by atoms with Crippen LogP contribution in [0, 0.1) is 6.92 Å². The molecule has 0 saturated carbocycles. The maximum Gasteiger partial charge on any atom is 0.122 e. The van der Waals surface area contributed by atoms with Crippen LogP contribution in [0.25, 0.3) is 0 Å². The lowest BCUT2D eigenvalue weighted by Crippen LogP contribution is -2.08. The van der Waals surface area contributed by atoms with Crippen molar-refractivity contribution in [2.45, 2.75) is 18.7 Å². The molecule has 0 atom stereocenters. The number of hydrogen-bond donors (Lipinski definition) is 0. The highest BCUT2D eigenvalue weighted by Crippen LogP contribution is 2.21. The van der Waals surface area contributed by atoms with E-state index >= 15 is 0 Å². The minimum Gasteiger partial charge on any atom is -0.490 e. The van der Waals surface area contributed by atoms with E-state index in [4.69, 9.17) is 9.47 Å². The van der Waals surface area contributed by atoms with Crippen LogP contribution in [0.5, 0.6) is 11.5 Å². The highest BCUT2D eigenvalue weighted by Gasteiger charge is 1.97. The molecule has 0 fully saturated rings. The molecule has 0 N–H and O–H groups in total. The molecule has 0 aliphatic rings. The summed E-state index contributed by atoms with van der Waals surface area (Å²) in [5.74, 6) is 2.86. The van der Waals surface area contributed by atoms with Gasteiger partial charge in [-0.3, -0.25) is 0 Å². The van der Waals surface area contributed by atoms with Crippen LogP contribution in [0.3, 0.4) is 0 Å². The third-order valence-corrected chi connectivity index (χ3v) is 3.67. The number of ether oxygens (including phenoxy) is 2. The first-order chi connectivity index (χ1) is 9.78. The van der Waals surface area contributed by atoms with Gasteiger partial charge in [0.05, 0.1) is 0 Å². The number of benzene rings is 2. The van der Waals surface area contributed by atoms with Crippen molar-refractivity contribution < 1.29 is 9.47 Å². The Labute approximate surface area is 125 Å². The topological polar surface area (TPSA) is 18.5 Å². The zero-order chi connectivity index (χ0) is 14.2. The SMILES string of the molecule is CCSc1ccc(OCCOc2ccc(C)cc2)cc1. The van der Waals surface area contributed by atoms with Crippen LogP contribution in [0.2, 0.25) is 0 Å². The molecule has 0 aliphatic heterocycles. The molecule has 0 heterocycles. The lowest BCUT2D eigenvalue weighted by Gasteiger charge is -2.09. The van der Waals surface area contributed by atoms with Crippen LogP contribution in [0.1, 0.15) is 12.5 Å². The van der Waals surface area contributed by atoms with Gasteiger partial charge < -0.3 is 9.47 Å². The Morgan fingerprint density at radius 3 is 1.80 bits per heavy atom. The largest absolute Gasteiger partial charge is 0.490 e. The fraction of sp³-hybridized carbons (Fsp3) is 0.294. The first-order valence-corrected chi connectivity index (χ1v) is 7.81. The molecule has 106 valence electrons. The molecule has 0 radical (unpaired) electrons. The Bertz CT molecular complexity index is 506. The molecule has 0 aromatic heterocycles. The number of hydrogen-bond acceptors (Lipinski definition) is 3. The Balaban J connectivity index is 1.71. The summed E-state index contributed by atoms with van der Waals surface area (Å²) in [5.41, 5.74) is 1.23.